The minimum Gasteiger partial charge on any atom is -0.497 e. The summed E-state index contributed by atoms with van der Waals surface area (Å²) in [5.41, 5.74) is 9.91. The Balaban J connectivity index is 1.80. The number of nitrogens with zero attached hydrogens (tertiary/aromatic N) is 2. The molecule has 2 heterocycles. The Morgan fingerprint density at radius 2 is 1.81 bits per heavy atom. The van der Waals surface area contributed by atoms with E-state index in [9.17, 15) is 0 Å². The zero-order valence-corrected chi connectivity index (χ0v) is 18.0. The molecule has 1 aromatic heterocycles. The van der Waals surface area contributed by atoms with Crippen LogP contribution in [0.1, 0.15) is 36.5 Å². The maximum atomic E-state index is 6.76. The van der Waals surface area contributed by atoms with E-state index < -0.39 is 0 Å². The summed E-state index contributed by atoms with van der Waals surface area (Å²) in [4.78, 5) is 4.66. The van der Waals surface area contributed by atoms with Crippen LogP contribution in [0.15, 0.2) is 67.0 Å². The number of hydrogen-bond acceptors (Lipinski definition) is 4. The van der Waals surface area contributed by atoms with Gasteiger partial charge in [-0.3, -0.25) is 0 Å². The summed E-state index contributed by atoms with van der Waals surface area (Å²) in [6, 6.07) is 20.7. The van der Waals surface area contributed by atoms with E-state index in [1.54, 1.807) is 13.4 Å². The quantitative estimate of drug-likeness (QED) is 0.419. The SMILES string of the molecule is COc1ccc([C@@H]2c3c(nc[n+](CC(C)C)c3N)Oc3ccc4ccccc4c32)cc1. The molecule has 5 rings (SSSR count). The molecule has 5 nitrogen and oxygen atoms in total. The standard InChI is InChI=1S/C26H25N3O2/c1-16(2)14-29-15-28-26-24(25(29)27)22(18-8-11-19(30-3)12-9-18)23-20-7-5-4-6-17(20)10-13-21(23)31-26/h4-13,15-16,22,27H,14H2,1-3H3/p+1/t22-/m0/s1. The molecule has 0 fully saturated rings. The Morgan fingerprint density at radius 1 is 1.03 bits per heavy atom. The second kappa shape index (κ2) is 7.58. The lowest BCUT2D eigenvalue weighted by Gasteiger charge is -2.28. The van der Waals surface area contributed by atoms with Crippen molar-refractivity contribution in [1.29, 1.82) is 0 Å². The van der Waals surface area contributed by atoms with Crippen LogP contribution >= 0.6 is 0 Å². The maximum Gasteiger partial charge on any atom is 0.306 e. The fourth-order valence-electron chi connectivity index (χ4n) is 4.45. The van der Waals surface area contributed by atoms with Crippen LogP contribution in [0, 0.1) is 5.92 Å². The molecule has 1 aliphatic rings. The van der Waals surface area contributed by atoms with E-state index in [4.69, 9.17) is 15.2 Å². The van der Waals surface area contributed by atoms with E-state index in [1.807, 2.05) is 22.8 Å². The molecule has 0 bridgehead atoms. The highest BCUT2D eigenvalue weighted by atomic mass is 16.5. The maximum absolute atomic E-state index is 6.76. The third-order valence-corrected chi connectivity index (χ3v) is 5.86. The topological polar surface area (TPSA) is 61.2 Å². The second-order valence-corrected chi connectivity index (χ2v) is 8.40. The molecular formula is C26H26N3O2+. The molecule has 156 valence electrons. The Morgan fingerprint density at radius 3 is 2.55 bits per heavy atom. The lowest BCUT2D eigenvalue weighted by atomic mass is 9.81. The van der Waals surface area contributed by atoms with Gasteiger partial charge in [-0.25, -0.2) is 4.57 Å². The number of anilines is 1. The van der Waals surface area contributed by atoms with Crippen molar-refractivity contribution in [2.75, 3.05) is 12.8 Å². The van der Waals surface area contributed by atoms with E-state index in [2.05, 4.69) is 61.3 Å². The fourth-order valence-corrected chi connectivity index (χ4v) is 4.45. The van der Waals surface area contributed by atoms with E-state index in [0.29, 0.717) is 17.6 Å². The lowest BCUT2D eigenvalue weighted by Crippen LogP contribution is -2.41. The van der Waals surface area contributed by atoms with Gasteiger partial charge < -0.3 is 15.2 Å². The third kappa shape index (κ3) is 3.26. The first-order valence-electron chi connectivity index (χ1n) is 10.6. The monoisotopic (exact) mass is 412 g/mol. The minimum absolute atomic E-state index is 0.0946. The minimum atomic E-state index is -0.0946. The Hall–Kier alpha value is -3.60. The highest BCUT2D eigenvalue weighted by molar-refractivity contribution is 5.90. The van der Waals surface area contributed by atoms with Crippen LogP contribution in [-0.4, -0.2) is 12.1 Å². The number of fused-ring (bicyclic) bond motifs is 4. The summed E-state index contributed by atoms with van der Waals surface area (Å²) in [7, 11) is 1.68. The predicted octanol–water partition coefficient (Wildman–Crippen LogP) is 5.06. The van der Waals surface area contributed by atoms with Crippen LogP contribution in [0.25, 0.3) is 10.8 Å². The summed E-state index contributed by atoms with van der Waals surface area (Å²) < 4.78 is 13.7. The average molecular weight is 413 g/mol. The molecule has 0 amide bonds. The molecule has 0 aliphatic carbocycles. The van der Waals surface area contributed by atoms with Crippen molar-refractivity contribution >= 4 is 16.6 Å². The van der Waals surface area contributed by atoms with Crippen molar-refractivity contribution in [2.45, 2.75) is 26.3 Å². The highest BCUT2D eigenvalue weighted by Crippen LogP contribution is 2.50. The van der Waals surface area contributed by atoms with Gasteiger partial charge in [0, 0.05) is 5.56 Å². The van der Waals surface area contributed by atoms with Crippen LogP contribution in [0.2, 0.25) is 0 Å². The van der Waals surface area contributed by atoms with Gasteiger partial charge >= 0.3 is 5.88 Å². The lowest BCUT2D eigenvalue weighted by molar-refractivity contribution is -0.691. The number of nitrogens with two attached hydrogens (primary N) is 1. The summed E-state index contributed by atoms with van der Waals surface area (Å²) in [5, 5.41) is 2.33. The molecule has 4 aromatic rings. The van der Waals surface area contributed by atoms with E-state index >= 15 is 0 Å². The molecule has 0 saturated carbocycles. The number of benzene rings is 3. The number of aromatic nitrogens is 2. The van der Waals surface area contributed by atoms with Crippen molar-refractivity contribution in [3.05, 3.63) is 83.7 Å². The van der Waals surface area contributed by atoms with Gasteiger partial charge in [-0.05, 0) is 40.5 Å². The Kier molecular flexibility index (Phi) is 4.74. The van der Waals surface area contributed by atoms with E-state index in [1.165, 1.54) is 5.39 Å². The predicted molar refractivity (Wildman–Crippen MR) is 122 cm³/mol. The summed E-state index contributed by atoms with van der Waals surface area (Å²) >= 11 is 0. The van der Waals surface area contributed by atoms with E-state index in [-0.39, 0.29) is 5.92 Å². The molecule has 2 N–H and O–H groups in total. The molecule has 1 atom stereocenters. The molecule has 0 unspecified atom stereocenters. The largest absolute Gasteiger partial charge is 0.497 e. The summed E-state index contributed by atoms with van der Waals surface area (Å²) in [6.07, 6.45) is 1.78. The van der Waals surface area contributed by atoms with Gasteiger partial charge in [0.1, 0.15) is 17.1 Å². The number of nitrogen functional groups attached to an aromatic ring is 1. The number of hydrogen-bond donors (Lipinski definition) is 1. The van der Waals surface area contributed by atoms with Gasteiger partial charge in [-0.15, -0.1) is 0 Å². The zero-order valence-electron chi connectivity index (χ0n) is 18.0. The molecule has 31 heavy (non-hydrogen) atoms. The molecule has 5 heteroatoms. The first kappa shape index (κ1) is 19.4. The van der Waals surface area contributed by atoms with Gasteiger partial charge in [0.05, 0.1) is 19.6 Å². The summed E-state index contributed by atoms with van der Waals surface area (Å²) in [6.45, 7) is 5.14. The van der Waals surface area contributed by atoms with Crippen molar-refractivity contribution in [3.8, 4) is 17.4 Å². The molecule has 3 aromatic carbocycles. The highest BCUT2D eigenvalue weighted by Gasteiger charge is 2.37. The molecule has 1 aliphatic heterocycles. The van der Waals surface area contributed by atoms with Crippen molar-refractivity contribution in [1.82, 2.24) is 4.98 Å². The normalized spacial score (nSPS) is 14.8. The zero-order chi connectivity index (χ0) is 21.5. The average Bonchev–Trinajstić information content (AvgIpc) is 2.79. The molecule has 0 spiro atoms. The second-order valence-electron chi connectivity index (χ2n) is 8.40. The van der Waals surface area contributed by atoms with Crippen LogP contribution in [0.5, 0.6) is 17.4 Å². The smallest absolute Gasteiger partial charge is 0.306 e. The van der Waals surface area contributed by atoms with Gasteiger partial charge in [0.2, 0.25) is 12.1 Å². The van der Waals surface area contributed by atoms with Crippen molar-refractivity contribution in [3.63, 3.8) is 0 Å². The fraction of sp³-hybridized carbons (Fsp3) is 0.231. The molecule has 0 radical (unpaired) electrons. The van der Waals surface area contributed by atoms with Crippen molar-refractivity contribution < 1.29 is 14.0 Å². The number of methoxy groups -OCH3 is 1. The Bertz CT molecular complexity index is 1270. The molecular weight excluding hydrogens is 386 g/mol. The van der Waals surface area contributed by atoms with Gasteiger partial charge in [0.25, 0.3) is 0 Å². The van der Waals surface area contributed by atoms with Gasteiger partial charge in [0.15, 0.2) is 0 Å². The summed E-state index contributed by atoms with van der Waals surface area (Å²) in [5.74, 6) is 3.26. The first-order valence-corrected chi connectivity index (χ1v) is 10.6. The van der Waals surface area contributed by atoms with Crippen LogP contribution in [0.4, 0.5) is 5.82 Å². The Labute approximate surface area is 182 Å². The van der Waals surface area contributed by atoms with Crippen molar-refractivity contribution in [2.24, 2.45) is 5.92 Å². The van der Waals surface area contributed by atoms with Gasteiger partial charge in [-0.1, -0.05) is 61.3 Å². The van der Waals surface area contributed by atoms with Gasteiger partial charge in [-0.2, -0.15) is 0 Å². The number of ether oxygens (including phenoxy) is 2. The number of rotatable bonds is 4. The third-order valence-electron chi connectivity index (χ3n) is 5.86. The van der Waals surface area contributed by atoms with Crippen LogP contribution < -0.4 is 19.8 Å². The van der Waals surface area contributed by atoms with Crippen LogP contribution in [-0.2, 0) is 6.54 Å². The van der Waals surface area contributed by atoms with Crippen LogP contribution in [0.3, 0.4) is 0 Å². The molecule has 0 saturated heterocycles. The van der Waals surface area contributed by atoms with E-state index in [0.717, 1.165) is 40.1 Å². The first-order chi connectivity index (χ1) is 15.1.